The SMILES string of the molecule is C[C@](O)(c1ccc(O)cc1)[C@H](NC(=O)c1ccc(C#CC#Cc2ccc(N)cc2)cc1)C(=O)NO. The number of hydrogen-bond donors (Lipinski definition) is 6. The number of nitrogens with two attached hydrogens (primary N) is 1. The van der Waals surface area contributed by atoms with Gasteiger partial charge in [0.15, 0.2) is 0 Å². The fourth-order valence-electron chi connectivity index (χ4n) is 3.18. The van der Waals surface area contributed by atoms with E-state index in [0.717, 1.165) is 5.56 Å². The first-order valence-corrected chi connectivity index (χ1v) is 10.4. The Morgan fingerprint density at radius 3 is 1.91 bits per heavy atom. The van der Waals surface area contributed by atoms with Crippen LogP contribution in [-0.4, -0.2) is 33.3 Å². The van der Waals surface area contributed by atoms with E-state index in [-0.39, 0.29) is 16.9 Å². The Bertz CT molecular complexity index is 1320. The zero-order chi connectivity index (χ0) is 25.4. The summed E-state index contributed by atoms with van der Waals surface area (Å²) in [6.45, 7) is 1.31. The Kier molecular flexibility index (Phi) is 7.75. The summed E-state index contributed by atoms with van der Waals surface area (Å²) in [4.78, 5) is 25.0. The molecular weight excluding hydrogens is 446 g/mol. The van der Waals surface area contributed by atoms with Crippen LogP contribution in [0.25, 0.3) is 0 Å². The number of carbonyl (C=O) groups excluding carboxylic acids is 2. The second-order valence-corrected chi connectivity index (χ2v) is 7.78. The molecule has 0 aliphatic rings. The van der Waals surface area contributed by atoms with Crippen molar-refractivity contribution in [1.82, 2.24) is 10.8 Å². The number of aromatic hydroxyl groups is 1. The van der Waals surface area contributed by atoms with Crippen molar-refractivity contribution >= 4 is 17.5 Å². The van der Waals surface area contributed by atoms with Gasteiger partial charge in [0.1, 0.15) is 17.4 Å². The third kappa shape index (κ3) is 6.40. The molecule has 35 heavy (non-hydrogen) atoms. The molecule has 0 aliphatic carbocycles. The standard InChI is InChI=1S/C27H23N3O5/c1-27(34,21-12-16-23(31)17-13-21)24(26(33)30-35)29-25(32)20-10-6-18(7-11-20)4-2-3-5-19-8-14-22(28)15-9-19/h6-17,24,31,34-35H,28H2,1H3,(H,29,32)(H,30,33)/t24-,27+/m1/s1. The number of hydrogen-bond acceptors (Lipinski definition) is 6. The average Bonchev–Trinajstić information content (AvgIpc) is 2.86. The van der Waals surface area contributed by atoms with Crippen LogP contribution in [0.15, 0.2) is 72.8 Å². The van der Waals surface area contributed by atoms with Crippen LogP contribution >= 0.6 is 0 Å². The van der Waals surface area contributed by atoms with Gasteiger partial charge in [-0.3, -0.25) is 14.8 Å². The molecule has 2 amide bonds. The molecule has 0 saturated carbocycles. The van der Waals surface area contributed by atoms with Gasteiger partial charge >= 0.3 is 0 Å². The van der Waals surface area contributed by atoms with Crippen LogP contribution < -0.4 is 16.5 Å². The highest BCUT2D eigenvalue weighted by atomic mass is 16.5. The Labute approximate surface area is 202 Å². The molecule has 8 nitrogen and oxygen atoms in total. The number of nitrogen functional groups attached to an aromatic ring is 1. The lowest BCUT2D eigenvalue weighted by Crippen LogP contribution is -2.57. The second kappa shape index (κ2) is 10.9. The Morgan fingerprint density at radius 2 is 1.40 bits per heavy atom. The van der Waals surface area contributed by atoms with Gasteiger partial charge in [0.05, 0.1) is 0 Å². The normalized spacial score (nSPS) is 12.5. The lowest BCUT2D eigenvalue weighted by atomic mass is 9.87. The molecule has 0 unspecified atom stereocenters. The van der Waals surface area contributed by atoms with Crippen molar-refractivity contribution in [3.05, 3.63) is 95.1 Å². The second-order valence-electron chi connectivity index (χ2n) is 7.78. The molecule has 0 radical (unpaired) electrons. The molecule has 0 aromatic heterocycles. The Hall–Kier alpha value is -4.76. The van der Waals surface area contributed by atoms with Gasteiger partial charge in [0, 0.05) is 22.4 Å². The summed E-state index contributed by atoms with van der Waals surface area (Å²) in [6.07, 6.45) is 0. The molecule has 0 bridgehead atoms. The highest BCUT2D eigenvalue weighted by molar-refractivity contribution is 5.98. The van der Waals surface area contributed by atoms with Crippen molar-refractivity contribution in [3.8, 4) is 29.4 Å². The van der Waals surface area contributed by atoms with Crippen molar-refractivity contribution in [2.75, 3.05) is 5.73 Å². The number of amides is 2. The number of nitrogens with one attached hydrogen (secondary N) is 2. The molecule has 0 aliphatic heterocycles. The van der Waals surface area contributed by atoms with E-state index in [9.17, 15) is 19.8 Å². The predicted molar refractivity (Wildman–Crippen MR) is 130 cm³/mol. The number of rotatable bonds is 5. The maximum Gasteiger partial charge on any atom is 0.269 e. The topological polar surface area (TPSA) is 145 Å². The number of phenols is 1. The zero-order valence-electron chi connectivity index (χ0n) is 18.7. The van der Waals surface area contributed by atoms with Crippen molar-refractivity contribution in [2.24, 2.45) is 0 Å². The summed E-state index contributed by atoms with van der Waals surface area (Å²) in [5.41, 5.74) is 7.71. The number of phenolic OH excluding ortho intramolecular Hbond substituents is 1. The monoisotopic (exact) mass is 469 g/mol. The number of carbonyl (C=O) groups is 2. The summed E-state index contributed by atoms with van der Waals surface area (Å²) < 4.78 is 0. The van der Waals surface area contributed by atoms with E-state index >= 15 is 0 Å². The van der Waals surface area contributed by atoms with Crippen molar-refractivity contribution < 1.29 is 25.0 Å². The summed E-state index contributed by atoms with van der Waals surface area (Å²) in [7, 11) is 0. The van der Waals surface area contributed by atoms with Crippen LogP contribution in [-0.2, 0) is 10.4 Å². The molecule has 0 heterocycles. The third-order valence-electron chi connectivity index (χ3n) is 5.20. The Balaban J connectivity index is 1.73. The van der Waals surface area contributed by atoms with Crippen LogP contribution in [0.4, 0.5) is 5.69 Å². The van der Waals surface area contributed by atoms with Crippen LogP contribution in [0, 0.1) is 23.7 Å². The van der Waals surface area contributed by atoms with Crippen LogP contribution in [0.2, 0.25) is 0 Å². The number of anilines is 1. The van der Waals surface area contributed by atoms with Gasteiger partial charge in [-0.05, 0) is 85.0 Å². The van der Waals surface area contributed by atoms with Gasteiger partial charge < -0.3 is 21.3 Å². The van der Waals surface area contributed by atoms with Crippen molar-refractivity contribution in [3.63, 3.8) is 0 Å². The summed E-state index contributed by atoms with van der Waals surface area (Å²) in [5, 5.41) is 32.0. The number of hydroxylamine groups is 1. The summed E-state index contributed by atoms with van der Waals surface area (Å²) in [6, 6.07) is 17.3. The fourth-order valence-corrected chi connectivity index (χ4v) is 3.18. The molecule has 0 fully saturated rings. The quantitative estimate of drug-likeness (QED) is 0.146. The predicted octanol–water partition coefficient (Wildman–Crippen LogP) is 1.89. The maximum atomic E-state index is 12.8. The van der Waals surface area contributed by atoms with Gasteiger partial charge in [0.2, 0.25) is 0 Å². The van der Waals surface area contributed by atoms with Crippen LogP contribution in [0.3, 0.4) is 0 Å². The van der Waals surface area contributed by atoms with Gasteiger partial charge in [-0.1, -0.05) is 24.0 Å². The van der Waals surface area contributed by atoms with E-state index in [1.807, 2.05) is 0 Å². The molecular formula is C27H23N3O5. The number of aliphatic hydroxyl groups is 1. The van der Waals surface area contributed by atoms with E-state index < -0.39 is 23.5 Å². The van der Waals surface area contributed by atoms with E-state index in [1.54, 1.807) is 36.4 Å². The first kappa shape index (κ1) is 24.9. The van der Waals surface area contributed by atoms with E-state index in [0.29, 0.717) is 11.3 Å². The molecule has 176 valence electrons. The van der Waals surface area contributed by atoms with Crippen LogP contribution in [0.5, 0.6) is 5.75 Å². The number of benzene rings is 3. The molecule has 2 atom stereocenters. The Morgan fingerprint density at radius 1 is 0.886 bits per heavy atom. The first-order valence-electron chi connectivity index (χ1n) is 10.4. The van der Waals surface area contributed by atoms with Gasteiger partial charge in [-0.15, -0.1) is 0 Å². The fraction of sp³-hybridized carbons (Fsp3) is 0.111. The van der Waals surface area contributed by atoms with E-state index in [2.05, 4.69) is 29.0 Å². The maximum absolute atomic E-state index is 12.8. The van der Waals surface area contributed by atoms with Gasteiger partial charge in [-0.25, -0.2) is 5.48 Å². The summed E-state index contributed by atoms with van der Waals surface area (Å²) >= 11 is 0. The zero-order valence-corrected chi connectivity index (χ0v) is 18.7. The van der Waals surface area contributed by atoms with Gasteiger partial charge in [0.25, 0.3) is 11.8 Å². The molecule has 0 saturated heterocycles. The highest BCUT2D eigenvalue weighted by Gasteiger charge is 2.40. The molecule has 7 N–H and O–H groups in total. The molecule has 0 spiro atoms. The van der Waals surface area contributed by atoms with E-state index in [4.69, 9.17) is 10.9 Å². The molecule has 3 rings (SSSR count). The highest BCUT2D eigenvalue weighted by Crippen LogP contribution is 2.27. The van der Waals surface area contributed by atoms with E-state index in [1.165, 1.54) is 48.8 Å². The molecule has 3 aromatic rings. The third-order valence-corrected chi connectivity index (χ3v) is 5.20. The minimum atomic E-state index is -1.90. The average molecular weight is 469 g/mol. The van der Waals surface area contributed by atoms with Gasteiger partial charge in [-0.2, -0.15) is 0 Å². The molecule has 8 heteroatoms. The minimum absolute atomic E-state index is 0.0313. The van der Waals surface area contributed by atoms with Crippen LogP contribution in [0.1, 0.15) is 34.0 Å². The van der Waals surface area contributed by atoms with Crippen molar-refractivity contribution in [1.29, 1.82) is 0 Å². The smallest absolute Gasteiger partial charge is 0.269 e. The largest absolute Gasteiger partial charge is 0.508 e. The van der Waals surface area contributed by atoms with Crippen molar-refractivity contribution in [2.45, 2.75) is 18.6 Å². The summed E-state index contributed by atoms with van der Waals surface area (Å²) in [5.74, 6) is 9.56. The first-order chi connectivity index (χ1) is 16.7. The molecule has 3 aromatic carbocycles. The lowest BCUT2D eigenvalue weighted by Gasteiger charge is -2.32. The minimum Gasteiger partial charge on any atom is -0.508 e. The lowest BCUT2D eigenvalue weighted by molar-refractivity contribution is -0.138.